The number of fused-ring (bicyclic) bond motifs is 1. The van der Waals surface area contributed by atoms with Crippen molar-refractivity contribution in [3.63, 3.8) is 0 Å². The molecule has 0 saturated carbocycles. The second-order valence-electron chi connectivity index (χ2n) is 6.40. The van der Waals surface area contributed by atoms with Gasteiger partial charge in [0.25, 0.3) is 5.91 Å². The molecule has 2 amide bonds. The lowest BCUT2D eigenvalue weighted by Crippen LogP contribution is -2.42. The van der Waals surface area contributed by atoms with Gasteiger partial charge in [-0.15, -0.1) is 0 Å². The van der Waals surface area contributed by atoms with Crippen LogP contribution in [-0.4, -0.2) is 17.0 Å². The number of carbonyl (C=O) groups excluding carboxylic acids is 2. The van der Waals surface area contributed by atoms with Crippen molar-refractivity contribution in [2.45, 2.75) is 13.8 Å². The molecular weight excluding hydrogens is 394 g/mol. The topological polar surface area (TPSA) is 97.4 Å². The number of halogens is 1. The summed E-state index contributed by atoms with van der Waals surface area (Å²) in [6.07, 6.45) is 0. The number of benzene rings is 2. The van der Waals surface area contributed by atoms with Gasteiger partial charge in [-0.05, 0) is 26.0 Å². The van der Waals surface area contributed by atoms with E-state index in [0.29, 0.717) is 33.2 Å². The number of furan rings is 1. The Hall–Kier alpha value is -3.58. The van der Waals surface area contributed by atoms with Gasteiger partial charge >= 0.3 is 5.91 Å². The van der Waals surface area contributed by atoms with Crippen LogP contribution in [-0.2, 0) is 0 Å². The third-order valence-corrected chi connectivity index (χ3v) is 4.89. The smallest absolute Gasteiger partial charge is 0.305 e. The van der Waals surface area contributed by atoms with Crippen LogP contribution in [0.2, 0.25) is 5.02 Å². The van der Waals surface area contributed by atoms with Crippen molar-refractivity contribution in [3.05, 3.63) is 76.2 Å². The van der Waals surface area contributed by atoms with Crippen LogP contribution in [0.1, 0.15) is 32.2 Å². The fourth-order valence-electron chi connectivity index (χ4n) is 3.10. The molecule has 4 aromatic rings. The number of nitrogens with one attached hydrogen (secondary N) is 2. The van der Waals surface area contributed by atoms with Crippen molar-refractivity contribution in [2.75, 3.05) is 0 Å². The van der Waals surface area contributed by atoms with Crippen molar-refractivity contribution in [1.82, 2.24) is 16.0 Å². The first-order valence-electron chi connectivity index (χ1n) is 8.77. The van der Waals surface area contributed by atoms with Crippen molar-refractivity contribution in [2.24, 2.45) is 0 Å². The highest BCUT2D eigenvalue weighted by molar-refractivity contribution is 6.33. The minimum Gasteiger partial charge on any atom is -0.451 e. The van der Waals surface area contributed by atoms with E-state index in [1.54, 1.807) is 44.2 Å². The lowest BCUT2D eigenvalue weighted by atomic mass is 10.1. The molecule has 2 heterocycles. The maximum atomic E-state index is 12.7. The molecule has 0 radical (unpaired) electrons. The van der Waals surface area contributed by atoms with Gasteiger partial charge in [0.1, 0.15) is 22.6 Å². The normalized spacial score (nSPS) is 10.9. The van der Waals surface area contributed by atoms with Crippen LogP contribution < -0.4 is 10.9 Å². The first kappa shape index (κ1) is 18.8. The molecule has 0 saturated heterocycles. The van der Waals surface area contributed by atoms with Gasteiger partial charge in [0.05, 0.1) is 5.02 Å². The summed E-state index contributed by atoms with van der Waals surface area (Å²) in [5.41, 5.74) is 7.06. The molecule has 8 heteroatoms. The predicted molar refractivity (Wildman–Crippen MR) is 108 cm³/mol. The fourth-order valence-corrected chi connectivity index (χ4v) is 3.33. The average Bonchev–Trinajstić information content (AvgIpc) is 3.27. The molecule has 2 aromatic heterocycles. The Morgan fingerprint density at radius 3 is 2.41 bits per heavy atom. The zero-order chi connectivity index (χ0) is 20.5. The standard InChI is InChI=1S/C21H16ClN3O4/c1-11-13-7-4-6-10-16(13)28-19(11)21(27)24-23-20(26)17-12(2)29-25-18(17)14-8-3-5-9-15(14)22/h3-10H,1-2H3,(H,23,26)(H,24,27). The van der Waals surface area contributed by atoms with Gasteiger partial charge in [-0.25, -0.2) is 0 Å². The number of aromatic nitrogens is 1. The molecule has 0 aliphatic rings. The Labute approximate surface area is 170 Å². The van der Waals surface area contributed by atoms with E-state index in [1.165, 1.54) is 0 Å². The Balaban J connectivity index is 1.56. The Morgan fingerprint density at radius 1 is 0.966 bits per heavy atom. The Bertz CT molecular complexity index is 1240. The Morgan fingerprint density at radius 2 is 1.66 bits per heavy atom. The minimum absolute atomic E-state index is 0.125. The second-order valence-corrected chi connectivity index (χ2v) is 6.81. The van der Waals surface area contributed by atoms with E-state index < -0.39 is 11.8 Å². The largest absolute Gasteiger partial charge is 0.451 e. The highest BCUT2D eigenvalue weighted by atomic mass is 35.5. The molecule has 0 unspecified atom stereocenters. The lowest BCUT2D eigenvalue weighted by Gasteiger charge is -2.07. The molecule has 2 N–H and O–H groups in total. The number of hydrogen-bond donors (Lipinski definition) is 2. The average molecular weight is 410 g/mol. The van der Waals surface area contributed by atoms with Crippen LogP contribution in [0.4, 0.5) is 0 Å². The number of para-hydroxylation sites is 1. The van der Waals surface area contributed by atoms with Crippen LogP contribution in [0.25, 0.3) is 22.2 Å². The molecule has 0 aliphatic carbocycles. The van der Waals surface area contributed by atoms with Gasteiger partial charge < -0.3 is 8.94 Å². The number of hydrazine groups is 1. The lowest BCUT2D eigenvalue weighted by molar-refractivity contribution is 0.0831. The third kappa shape index (κ3) is 3.36. The molecule has 146 valence electrons. The summed E-state index contributed by atoms with van der Waals surface area (Å²) in [5.74, 6) is -0.729. The van der Waals surface area contributed by atoms with Gasteiger partial charge in [-0.2, -0.15) is 0 Å². The molecule has 2 aromatic carbocycles. The molecule has 0 aliphatic heterocycles. The molecule has 7 nitrogen and oxygen atoms in total. The summed E-state index contributed by atoms with van der Waals surface area (Å²) >= 11 is 6.21. The quantitative estimate of drug-likeness (QED) is 0.488. The SMILES string of the molecule is Cc1onc(-c2ccccc2Cl)c1C(=O)NNC(=O)c1oc2ccccc2c1C. The molecule has 0 bridgehead atoms. The van der Waals surface area contributed by atoms with Crippen LogP contribution >= 0.6 is 11.6 Å². The van der Waals surface area contributed by atoms with Crippen LogP contribution in [0.3, 0.4) is 0 Å². The van der Waals surface area contributed by atoms with E-state index in [-0.39, 0.29) is 11.3 Å². The maximum absolute atomic E-state index is 12.7. The zero-order valence-corrected chi connectivity index (χ0v) is 16.3. The summed E-state index contributed by atoms with van der Waals surface area (Å²) in [7, 11) is 0. The van der Waals surface area contributed by atoms with E-state index in [0.717, 1.165) is 5.39 Å². The Kier molecular flexibility index (Phi) is 4.82. The maximum Gasteiger partial charge on any atom is 0.305 e. The molecular formula is C21H16ClN3O4. The second kappa shape index (κ2) is 7.44. The molecule has 29 heavy (non-hydrogen) atoms. The first-order valence-corrected chi connectivity index (χ1v) is 9.15. The minimum atomic E-state index is -0.583. The summed E-state index contributed by atoms with van der Waals surface area (Å²) in [4.78, 5) is 25.2. The van der Waals surface area contributed by atoms with Crippen LogP contribution in [0.15, 0.2) is 57.5 Å². The van der Waals surface area contributed by atoms with Gasteiger partial charge in [0.15, 0.2) is 5.76 Å². The van der Waals surface area contributed by atoms with E-state index in [2.05, 4.69) is 16.0 Å². The highest BCUT2D eigenvalue weighted by Crippen LogP contribution is 2.31. The molecule has 0 atom stereocenters. The van der Waals surface area contributed by atoms with E-state index in [1.807, 2.05) is 18.2 Å². The van der Waals surface area contributed by atoms with Gasteiger partial charge in [-0.3, -0.25) is 20.4 Å². The number of amides is 2. The molecule has 0 fully saturated rings. The van der Waals surface area contributed by atoms with Crippen molar-refractivity contribution >= 4 is 34.4 Å². The monoisotopic (exact) mass is 409 g/mol. The van der Waals surface area contributed by atoms with E-state index in [4.69, 9.17) is 20.5 Å². The van der Waals surface area contributed by atoms with Crippen LogP contribution in [0, 0.1) is 13.8 Å². The van der Waals surface area contributed by atoms with Crippen molar-refractivity contribution in [1.29, 1.82) is 0 Å². The third-order valence-electron chi connectivity index (χ3n) is 4.56. The summed E-state index contributed by atoms with van der Waals surface area (Å²) in [6.45, 7) is 3.38. The van der Waals surface area contributed by atoms with E-state index in [9.17, 15) is 9.59 Å². The van der Waals surface area contributed by atoms with Gasteiger partial charge in [0.2, 0.25) is 0 Å². The van der Waals surface area contributed by atoms with Crippen LogP contribution in [0.5, 0.6) is 0 Å². The van der Waals surface area contributed by atoms with Gasteiger partial charge in [-0.1, -0.05) is 53.2 Å². The zero-order valence-electron chi connectivity index (χ0n) is 15.6. The van der Waals surface area contributed by atoms with Crippen molar-refractivity contribution < 1.29 is 18.5 Å². The summed E-state index contributed by atoms with van der Waals surface area (Å²) in [5, 5.41) is 5.21. The highest BCUT2D eigenvalue weighted by Gasteiger charge is 2.24. The summed E-state index contributed by atoms with van der Waals surface area (Å²) < 4.78 is 10.8. The number of hydrogen-bond acceptors (Lipinski definition) is 5. The summed E-state index contributed by atoms with van der Waals surface area (Å²) in [6, 6.07) is 14.3. The fraction of sp³-hybridized carbons (Fsp3) is 0.0952. The first-order chi connectivity index (χ1) is 14.0. The molecule has 4 rings (SSSR count). The number of carbonyl (C=O) groups is 2. The number of rotatable bonds is 3. The predicted octanol–water partition coefficient (Wildman–Crippen LogP) is 4.43. The van der Waals surface area contributed by atoms with Crippen molar-refractivity contribution in [3.8, 4) is 11.3 Å². The number of aryl methyl sites for hydroxylation is 2. The number of nitrogens with zero attached hydrogens (tertiary/aromatic N) is 1. The van der Waals surface area contributed by atoms with E-state index >= 15 is 0 Å². The molecule has 0 spiro atoms. The van der Waals surface area contributed by atoms with Gasteiger partial charge in [0, 0.05) is 16.5 Å².